The maximum absolute atomic E-state index is 4.98. The zero-order valence-corrected chi connectivity index (χ0v) is 7.18. The molecule has 0 aliphatic rings. The summed E-state index contributed by atoms with van der Waals surface area (Å²) in [6.45, 7) is 4.93. The van der Waals surface area contributed by atoms with E-state index in [0.717, 1.165) is 0 Å². The molecular formula is C7H17NO2. The Hall–Kier alpha value is -0.120. The molecule has 0 amide bonds. The molecular weight excluding hydrogens is 130 g/mol. The van der Waals surface area contributed by atoms with Crippen LogP contribution >= 0.6 is 0 Å². The molecule has 0 aliphatic heterocycles. The summed E-state index contributed by atoms with van der Waals surface area (Å²) < 4.78 is 4.98. The van der Waals surface area contributed by atoms with Gasteiger partial charge < -0.3 is 9.57 Å². The minimum Gasteiger partial charge on any atom is -0.383 e. The molecule has 1 atom stereocenters. The van der Waals surface area contributed by atoms with Crippen molar-refractivity contribution in [2.75, 3.05) is 20.8 Å². The molecule has 3 nitrogen and oxygen atoms in total. The monoisotopic (exact) mass is 147 g/mol. The van der Waals surface area contributed by atoms with Crippen LogP contribution in [-0.4, -0.2) is 26.9 Å². The van der Waals surface area contributed by atoms with E-state index in [1.54, 1.807) is 14.2 Å². The van der Waals surface area contributed by atoms with E-state index < -0.39 is 0 Å². The van der Waals surface area contributed by atoms with Crippen molar-refractivity contribution in [2.45, 2.75) is 19.9 Å². The van der Waals surface area contributed by atoms with E-state index in [1.807, 2.05) is 0 Å². The summed E-state index contributed by atoms with van der Waals surface area (Å²) in [4.78, 5) is 4.79. The third kappa shape index (κ3) is 3.82. The highest BCUT2D eigenvalue weighted by Crippen LogP contribution is 2.00. The second-order valence-electron chi connectivity index (χ2n) is 2.63. The third-order valence-electron chi connectivity index (χ3n) is 1.42. The largest absolute Gasteiger partial charge is 0.383 e. The van der Waals surface area contributed by atoms with Gasteiger partial charge in [-0.25, -0.2) is 0 Å². The Morgan fingerprint density at radius 2 is 1.90 bits per heavy atom. The van der Waals surface area contributed by atoms with Crippen molar-refractivity contribution in [3.05, 3.63) is 0 Å². The van der Waals surface area contributed by atoms with E-state index in [4.69, 9.17) is 9.57 Å². The number of rotatable bonds is 5. The van der Waals surface area contributed by atoms with Gasteiger partial charge in [-0.3, -0.25) is 0 Å². The fraction of sp³-hybridized carbons (Fsp3) is 1.00. The van der Waals surface area contributed by atoms with Gasteiger partial charge in [-0.1, -0.05) is 13.8 Å². The van der Waals surface area contributed by atoms with E-state index in [9.17, 15) is 0 Å². The molecule has 1 N–H and O–H groups in total. The molecule has 62 valence electrons. The molecule has 0 rings (SSSR count). The van der Waals surface area contributed by atoms with Crippen molar-refractivity contribution >= 4 is 0 Å². The molecule has 0 bridgehead atoms. The first-order chi connectivity index (χ1) is 4.72. The van der Waals surface area contributed by atoms with Crippen molar-refractivity contribution in [2.24, 2.45) is 5.92 Å². The van der Waals surface area contributed by atoms with Crippen LogP contribution in [0.2, 0.25) is 0 Å². The van der Waals surface area contributed by atoms with Gasteiger partial charge in [0.1, 0.15) is 0 Å². The van der Waals surface area contributed by atoms with Crippen LogP contribution in [0.5, 0.6) is 0 Å². The van der Waals surface area contributed by atoms with Crippen LogP contribution in [0.3, 0.4) is 0 Å². The second kappa shape index (κ2) is 5.65. The zero-order chi connectivity index (χ0) is 7.98. The van der Waals surface area contributed by atoms with E-state index >= 15 is 0 Å². The first-order valence-corrected chi connectivity index (χ1v) is 3.49. The molecule has 0 spiro atoms. The van der Waals surface area contributed by atoms with Gasteiger partial charge in [-0.05, 0) is 5.92 Å². The molecule has 0 aromatic carbocycles. The Kier molecular flexibility index (Phi) is 5.58. The number of nitrogens with one attached hydrogen (secondary N) is 1. The lowest BCUT2D eigenvalue weighted by atomic mass is 10.1. The van der Waals surface area contributed by atoms with Gasteiger partial charge in [0.2, 0.25) is 0 Å². The summed E-state index contributed by atoms with van der Waals surface area (Å²) in [6, 6.07) is 0.287. The Morgan fingerprint density at radius 3 is 2.20 bits per heavy atom. The number of hydrogen-bond donors (Lipinski definition) is 1. The van der Waals surface area contributed by atoms with E-state index in [-0.39, 0.29) is 6.04 Å². The molecule has 0 saturated carbocycles. The summed E-state index contributed by atoms with van der Waals surface area (Å²) in [6.07, 6.45) is 0. The molecule has 3 heteroatoms. The topological polar surface area (TPSA) is 30.5 Å². The molecule has 10 heavy (non-hydrogen) atoms. The maximum atomic E-state index is 4.98. The van der Waals surface area contributed by atoms with Crippen molar-refractivity contribution in [3.8, 4) is 0 Å². The lowest BCUT2D eigenvalue weighted by Gasteiger charge is -2.19. The van der Waals surface area contributed by atoms with Crippen LogP contribution in [0.1, 0.15) is 13.8 Å². The van der Waals surface area contributed by atoms with Crippen molar-refractivity contribution in [1.29, 1.82) is 0 Å². The number of methoxy groups -OCH3 is 1. The van der Waals surface area contributed by atoms with Crippen molar-refractivity contribution < 1.29 is 9.57 Å². The van der Waals surface area contributed by atoms with Crippen LogP contribution in [0.25, 0.3) is 0 Å². The van der Waals surface area contributed by atoms with Gasteiger partial charge in [0, 0.05) is 7.11 Å². The second-order valence-corrected chi connectivity index (χ2v) is 2.63. The van der Waals surface area contributed by atoms with Gasteiger partial charge in [0.05, 0.1) is 19.8 Å². The summed E-state index contributed by atoms with van der Waals surface area (Å²) in [5.74, 6) is 0.528. The lowest BCUT2D eigenvalue weighted by molar-refractivity contribution is 0.0142. The molecule has 0 heterocycles. The molecule has 0 radical (unpaired) electrons. The Labute approximate surface area is 62.7 Å². The summed E-state index contributed by atoms with van der Waals surface area (Å²) >= 11 is 0. The Bertz CT molecular complexity index is 70.0. The van der Waals surface area contributed by atoms with Gasteiger partial charge in [0.25, 0.3) is 0 Å². The molecule has 0 aromatic heterocycles. The SMILES string of the molecule is COCC(NOC)C(C)C. The zero-order valence-electron chi connectivity index (χ0n) is 7.18. The molecule has 0 saturated heterocycles. The van der Waals surface area contributed by atoms with Crippen molar-refractivity contribution in [3.63, 3.8) is 0 Å². The van der Waals surface area contributed by atoms with Crippen molar-refractivity contribution in [1.82, 2.24) is 5.48 Å². The fourth-order valence-corrected chi connectivity index (χ4v) is 0.693. The molecule has 0 aliphatic carbocycles. The average molecular weight is 147 g/mol. The van der Waals surface area contributed by atoms with E-state index in [0.29, 0.717) is 12.5 Å². The van der Waals surface area contributed by atoms with E-state index in [1.165, 1.54) is 0 Å². The highest BCUT2D eigenvalue weighted by atomic mass is 16.6. The summed E-state index contributed by atoms with van der Waals surface area (Å²) in [5, 5.41) is 0. The predicted octanol–water partition coefficient (Wildman–Crippen LogP) is 0.808. The summed E-state index contributed by atoms with van der Waals surface area (Å²) in [7, 11) is 3.30. The quantitative estimate of drug-likeness (QED) is 0.584. The first-order valence-electron chi connectivity index (χ1n) is 3.49. The van der Waals surface area contributed by atoms with Gasteiger partial charge in [-0.15, -0.1) is 0 Å². The Balaban J connectivity index is 3.50. The van der Waals surface area contributed by atoms with E-state index in [2.05, 4.69) is 19.3 Å². The number of ether oxygens (including phenoxy) is 1. The van der Waals surface area contributed by atoms with Crippen LogP contribution in [0.4, 0.5) is 0 Å². The normalized spacial score (nSPS) is 14.1. The predicted molar refractivity (Wildman–Crippen MR) is 40.6 cm³/mol. The van der Waals surface area contributed by atoms with Gasteiger partial charge in [-0.2, -0.15) is 5.48 Å². The van der Waals surface area contributed by atoms with Gasteiger partial charge >= 0.3 is 0 Å². The van der Waals surface area contributed by atoms with Crippen LogP contribution in [0, 0.1) is 5.92 Å². The fourth-order valence-electron chi connectivity index (χ4n) is 0.693. The highest BCUT2D eigenvalue weighted by molar-refractivity contribution is 4.64. The molecule has 1 unspecified atom stereocenters. The minimum atomic E-state index is 0.287. The summed E-state index contributed by atoms with van der Waals surface area (Å²) in [5.41, 5.74) is 2.86. The first kappa shape index (κ1) is 9.88. The standard InChI is InChI=1S/C7H17NO2/c1-6(2)7(5-9-3)8-10-4/h6-8H,5H2,1-4H3. The number of hydroxylamine groups is 1. The Morgan fingerprint density at radius 1 is 1.30 bits per heavy atom. The number of hydrogen-bond acceptors (Lipinski definition) is 3. The van der Waals surface area contributed by atoms with Crippen LogP contribution in [-0.2, 0) is 9.57 Å². The minimum absolute atomic E-state index is 0.287. The molecule has 0 aromatic rings. The molecule has 0 fully saturated rings. The van der Waals surface area contributed by atoms with Crippen LogP contribution < -0.4 is 5.48 Å². The third-order valence-corrected chi connectivity index (χ3v) is 1.42. The van der Waals surface area contributed by atoms with Crippen LogP contribution in [0.15, 0.2) is 0 Å². The lowest BCUT2D eigenvalue weighted by Crippen LogP contribution is -2.36. The maximum Gasteiger partial charge on any atom is 0.0641 e. The van der Waals surface area contributed by atoms with Gasteiger partial charge in [0.15, 0.2) is 0 Å². The smallest absolute Gasteiger partial charge is 0.0641 e. The average Bonchev–Trinajstić information content (AvgIpc) is 1.87. The highest BCUT2D eigenvalue weighted by Gasteiger charge is 2.11.